The van der Waals surface area contributed by atoms with E-state index in [1.165, 1.54) is 25.2 Å². The van der Waals surface area contributed by atoms with Crippen LogP contribution in [0.5, 0.6) is 0 Å². The van der Waals surface area contributed by atoms with Crippen LogP contribution in [0, 0.1) is 5.82 Å². The highest BCUT2D eigenvalue weighted by Crippen LogP contribution is 2.20. The first-order valence-corrected chi connectivity index (χ1v) is 7.21. The van der Waals surface area contributed by atoms with Gasteiger partial charge in [-0.2, -0.15) is 0 Å². The second-order valence-corrected chi connectivity index (χ2v) is 6.08. The summed E-state index contributed by atoms with van der Waals surface area (Å²) in [6, 6.07) is 8.33. The van der Waals surface area contributed by atoms with Gasteiger partial charge < -0.3 is 5.11 Å². The summed E-state index contributed by atoms with van der Waals surface area (Å²) in [6.07, 6.45) is 0. The molecule has 110 valence electrons. The van der Waals surface area contributed by atoms with Crippen LogP contribution in [0.25, 0.3) is 0 Å². The fourth-order valence-electron chi connectivity index (χ4n) is 1.61. The zero-order chi connectivity index (χ0) is 15.6. The van der Waals surface area contributed by atoms with Gasteiger partial charge in [0.1, 0.15) is 11.6 Å². The van der Waals surface area contributed by atoms with Gasteiger partial charge in [-0.05, 0) is 36.4 Å². The Morgan fingerprint density at radius 3 is 2.38 bits per heavy atom. The zero-order valence-corrected chi connectivity index (χ0v) is 11.7. The second kappa shape index (κ2) is 5.49. The lowest BCUT2D eigenvalue weighted by molar-refractivity contribution is 0.0690. The maximum absolute atomic E-state index is 12.9. The van der Waals surface area contributed by atoms with Crippen molar-refractivity contribution in [3.8, 4) is 0 Å². The number of nitrogens with zero attached hydrogens (tertiary/aromatic N) is 2. The van der Waals surface area contributed by atoms with Crippen molar-refractivity contribution in [2.45, 2.75) is 4.90 Å². The van der Waals surface area contributed by atoms with Crippen LogP contribution in [0.15, 0.2) is 47.4 Å². The van der Waals surface area contributed by atoms with Crippen LogP contribution in [0.1, 0.15) is 10.5 Å². The van der Waals surface area contributed by atoms with E-state index in [1.807, 2.05) is 0 Å². The van der Waals surface area contributed by atoms with Gasteiger partial charge in [-0.15, -0.1) is 0 Å². The first-order valence-electron chi connectivity index (χ1n) is 5.77. The molecule has 0 amide bonds. The number of aromatic carboxylic acids is 1. The van der Waals surface area contributed by atoms with E-state index < -0.39 is 21.8 Å². The Morgan fingerprint density at radius 1 is 1.19 bits per heavy atom. The topological polar surface area (TPSA) is 87.6 Å². The monoisotopic (exact) mass is 310 g/mol. The Balaban J connectivity index is 2.43. The number of anilines is 1. The van der Waals surface area contributed by atoms with Crippen molar-refractivity contribution < 1.29 is 22.7 Å². The van der Waals surface area contributed by atoms with E-state index in [9.17, 15) is 17.6 Å². The van der Waals surface area contributed by atoms with Crippen molar-refractivity contribution in [3.05, 3.63) is 54.0 Å². The molecule has 0 saturated carbocycles. The summed E-state index contributed by atoms with van der Waals surface area (Å²) in [5.74, 6) is -1.86. The smallest absolute Gasteiger partial charge is 0.354 e. The van der Waals surface area contributed by atoms with Gasteiger partial charge in [0.2, 0.25) is 0 Å². The van der Waals surface area contributed by atoms with Crippen molar-refractivity contribution >= 4 is 21.8 Å². The Hall–Kier alpha value is -2.48. The van der Waals surface area contributed by atoms with E-state index in [4.69, 9.17) is 5.11 Å². The molecule has 0 bridgehead atoms. The van der Waals surface area contributed by atoms with Gasteiger partial charge in [-0.1, -0.05) is 6.07 Å². The predicted molar refractivity (Wildman–Crippen MR) is 73.2 cm³/mol. The lowest BCUT2D eigenvalue weighted by Crippen LogP contribution is -2.27. The van der Waals surface area contributed by atoms with E-state index in [0.717, 1.165) is 28.6 Å². The van der Waals surface area contributed by atoms with Gasteiger partial charge in [0.15, 0.2) is 5.69 Å². The molecule has 2 rings (SSSR count). The second-order valence-electron chi connectivity index (χ2n) is 4.11. The number of rotatable bonds is 4. The highest BCUT2D eigenvalue weighted by molar-refractivity contribution is 7.92. The van der Waals surface area contributed by atoms with Crippen LogP contribution in [0.3, 0.4) is 0 Å². The SMILES string of the molecule is CN(c1cccc(C(=O)O)n1)S(=O)(=O)c1ccc(F)cc1. The molecule has 0 fully saturated rings. The fourth-order valence-corrected chi connectivity index (χ4v) is 2.75. The maximum atomic E-state index is 12.9. The largest absolute Gasteiger partial charge is 0.477 e. The summed E-state index contributed by atoms with van der Waals surface area (Å²) in [4.78, 5) is 14.5. The van der Waals surface area contributed by atoms with Crippen molar-refractivity contribution in [1.82, 2.24) is 4.98 Å². The van der Waals surface area contributed by atoms with Crippen LogP contribution >= 0.6 is 0 Å². The van der Waals surface area contributed by atoms with Gasteiger partial charge in [-0.25, -0.2) is 22.6 Å². The number of carbonyl (C=O) groups is 1. The lowest BCUT2D eigenvalue weighted by atomic mass is 10.3. The molecule has 1 aromatic carbocycles. The third kappa shape index (κ3) is 3.00. The number of halogens is 1. The molecular formula is C13H11FN2O4S. The van der Waals surface area contributed by atoms with E-state index in [1.54, 1.807) is 0 Å². The number of carboxylic acids is 1. The molecule has 1 aromatic heterocycles. The number of benzene rings is 1. The Labute approximate surface area is 120 Å². The minimum Gasteiger partial charge on any atom is -0.477 e. The Kier molecular flexibility index (Phi) is 3.90. The normalized spacial score (nSPS) is 11.1. The van der Waals surface area contributed by atoms with E-state index >= 15 is 0 Å². The number of hydrogen-bond acceptors (Lipinski definition) is 4. The van der Waals surface area contributed by atoms with E-state index in [0.29, 0.717) is 0 Å². The molecule has 0 radical (unpaired) electrons. The molecule has 0 unspecified atom stereocenters. The van der Waals surface area contributed by atoms with Gasteiger partial charge >= 0.3 is 5.97 Å². The summed E-state index contributed by atoms with van der Waals surface area (Å²) in [5, 5.41) is 8.87. The molecule has 0 aliphatic carbocycles. The molecule has 8 heteroatoms. The molecule has 2 aromatic rings. The predicted octanol–water partition coefficient (Wildman–Crippen LogP) is 1.74. The zero-order valence-electron chi connectivity index (χ0n) is 10.9. The van der Waals surface area contributed by atoms with Crippen LogP contribution in [0.4, 0.5) is 10.2 Å². The third-order valence-electron chi connectivity index (χ3n) is 2.75. The van der Waals surface area contributed by atoms with Crippen LogP contribution < -0.4 is 4.31 Å². The molecule has 0 atom stereocenters. The number of pyridine rings is 1. The Bertz CT molecular complexity index is 775. The molecule has 0 aliphatic rings. The summed E-state index contributed by atoms with van der Waals surface area (Å²) >= 11 is 0. The maximum Gasteiger partial charge on any atom is 0.354 e. The molecular weight excluding hydrogens is 299 g/mol. The van der Waals surface area contributed by atoms with Crippen LogP contribution in [-0.2, 0) is 10.0 Å². The fraction of sp³-hybridized carbons (Fsp3) is 0.0769. The molecule has 6 nitrogen and oxygen atoms in total. The van der Waals surface area contributed by atoms with Crippen LogP contribution in [-0.4, -0.2) is 31.5 Å². The van der Waals surface area contributed by atoms with Gasteiger partial charge in [-0.3, -0.25) is 4.31 Å². The number of aromatic nitrogens is 1. The molecule has 0 saturated heterocycles. The number of sulfonamides is 1. The van der Waals surface area contributed by atoms with Crippen molar-refractivity contribution in [3.63, 3.8) is 0 Å². The quantitative estimate of drug-likeness (QED) is 0.929. The highest BCUT2D eigenvalue weighted by Gasteiger charge is 2.22. The van der Waals surface area contributed by atoms with Gasteiger partial charge in [0, 0.05) is 7.05 Å². The van der Waals surface area contributed by atoms with E-state index in [-0.39, 0.29) is 16.4 Å². The van der Waals surface area contributed by atoms with Crippen molar-refractivity contribution in [2.24, 2.45) is 0 Å². The molecule has 21 heavy (non-hydrogen) atoms. The number of hydrogen-bond donors (Lipinski definition) is 1. The summed E-state index contributed by atoms with van der Waals surface area (Å²) < 4.78 is 38.4. The average molecular weight is 310 g/mol. The first-order chi connectivity index (χ1) is 9.82. The minimum atomic E-state index is -3.94. The lowest BCUT2D eigenvalue weighted by Gasteiger charge is -2.18. The van der Waals surface area contributed by atoms with E-state index in [2.05, 4.69) is 4.98 Å². The van der Waals surface area contributed by atoms with Gasteiger partial charge in [0.05, 0.1) is 4.90 Å². The minimum absolute atomic E-state index is 0.0424. The summed E-state index contributed by atoms with van der Waals surface area (Å²) in [5.41, 5.74) is -0.270. The van der Waals surface area contributed by atoms with Crippen LogP contribution in [0.2, 0.25) is 0 Å². The molecule has 1 heterocycles. The average Bonchev–Trinajstić information content (AvgIpc) is 2.47. The first kappa shape index (κ1) is 14.9. The Morgan fingerprint density at radius 2 is 1.81 bits per heavy atom. The summed E-state index contributed by atoms with van der Waals surface area (Å²) in [7, 11) is -2.70. The molecule has 0 aliphatic heterocycles. The molecule has 1 N–H and O–H groups in total. The third-order valence-corrected chi connectivity index (χ3v) is 4.52. The van der Waals surface area contributed by atoms with Crippen molar-refractivity contribution in [1.29, 1.82) is 0 Å². The summed E-state index contributed by atoms with van der Waals surface area (Å²) in [6.45, 7) is 0. The number of carboxylic acid groups (broad SMARTS) is 1. The standard InChI is InChI=1S/C13H11FN2O4S/c1-16(12-4-2-3-11(15-12)13(17)18)21(19,20)10-7-5-9(14)6-8-10/h2-8H,1H3,(H,17,18). The molecule has 0 spiro atoms. The van der Waals surface area contributed by atoms with Gasteiger partial charge in [0.25, 0.3) is 10.0 Å². The van der Waals surface area contributed by atoms with Crippen molar-refractivity contribution in [2.75, 3.05) is 11.4 Å². The highest BCUT2D eigenvalue weighted by atomic mass is 32.2.